The SMILES string of the molecule is Cc1ccc2c(c1)N(S(=O)(=O)c1ccccc1)C[C@@H](C(=O)N[C@H](C)c1ccc(S(C)(=O)=O)cc1)O2. The highest BCUT2D eigenvalue weighted by Gasteiger charge is 2.38. The number of rotatable bonds is 6. The fourth-order valence-electron chi connectivity index (χ4n) is 3.84. The number of benzene rings is 3. The van der Waals surface area contributed by atoms with E-state index in [0.717, 1.165) is 11.8 Å². The van der Waals surface area contributed by atoms with Gasteiger partial charge in [0.15, 0.2) is 15.9 Å². The number of amides is 1. The zero-order chi connectivity index (χ0) is 25.4. The number of sulfonamides is 1. The summed E-state index contributed by atoms with van der Waals surface area (Å²) >= 11 is 0. The third-order valence-electron chi connectivity index (χ3n) is 5.77. The fraction of sp³-hybridized carbons (Fsp3) is 0.240. The first kappa shape index (κ1) is 24.7. The third kappa shape index (κ3) is 5.18. The Bertz CT molecular complexity index is 1450. The molecule has 0 radical (unpaired) electrons. The molecule has 10 heteroatoms. The van der Waals surface area contributed by atoms with Crippen molar-refractivity contribution in [2.24, 2.45) is 0 Å². The van der Waals surface area contributed by atoms with Crippen LogP contribution in [0.2, 0.25) is 0 Å². The van der Waals surface area contributed by atoms with Crippen molar-refractivity contribution in [2.75, 3.05) is 17.1 Å². The summed E-state index contributed by atoms with van der Waals surface area (Å²) in [5.74, 6) is -0.184. The van der Waals surface area contributed by atoms with Gasteiger partial charge < -0.3 is 10.1 Å². The van der Waals surface area contributed by atoms with E-state index in [4.69, 9.17) is 4.74 Å². The van der Waals surface area contributed by atoms with Crippen LogP contribution in [0.25, 0.3) is 0 Å². The number of aryl methyl sites for hydroxylation is 1. The Morgan fingerprint density at radius 2 is 1.63 bits per heavy atom. The van der Waals surface area contributed by atoms with Crippen LogP contribution < -0.4 is 14.4 Å². The zero-order valence-corrected chi connectivity index (χ0v) is 21.1. The summed E-state index contributed by atoms with van der Waals surface area (Å²) in [4.78, 5) is 13.4. The molecule has 0 bridgehead atoms. The van der Waals surface area contributed by atoms with Crippen LogP contribution in [-0.4, -0.2) is 41.6 Å². The van der Waals surface area contributed by atoms with Crippen LogP contribution in [0.3, 0.4) is 0 Å². The number of nitrogens with zero attached hydrogens (tertiary/aromatic N) is 1. The molecule has 35 heavy (non-hydrogen) atoms. The van der Waals surface area contributed by atoms with Crippen LogP contribution in [0.15, 0.2) is 82.6 Å². The molecule has 1 amide bonds. The first-order valence-corrected chi connectivity index (χ1v) is 14.3. The number of ether oxygens (including phenoxy) is 1. The smallest absolute Gasteiger partial charge is 0.264 e. The molecule has 1 N–H and O–H groups in total. The van der Waals surface area contributed by atoms with Crippen molar-refractivity contribution < 1.29 is 26.4 Å². The second-order valence-electron chi connectivity index (χ2n) is 8.50. The molecule has 0 aromatic heterocycles. The average Bonchev–Trinajstić information content (AvgIpc) is 2.83. The van der Waals surface area contributed by atoms with Gasteiger partial charge in [-0.25, -0.2) is 16.8 Å². The Labute approximate surface area is 205 Å². The molecule has 8 nitrogen and oxygen atoms in total. The van der Waals surface area contributed by atoms with Gasteiger partial charge in [-0.1, -0.05) is 36.4 Å². The minimum atomic E-state index is -3.94. The van der Waals surface area contributed by atoms with Crippen molar-refractivity contribution in [1.82, 2.24) is 5.32 Å². The van der Waals surface area contributed by atoms with Crippen molar-refractivity contribution >= 4 is 31.5 Å². The quantitative estimate of drug-likeness (QED) is 0.541. The monoisotopic (exact) mass is 514 g/mol. The predicted octanol–water partition coefficient (Wildman–Crippen LogP) is 3.23. The second-order valence-corrected chi connectivity index (χ2v) is 12.4. The average molecular weight is 515 g/mol. The molecule has 3 aromatic carbocycles. The molecule has 1 heterocycles. The highest BCUT2D eigenvalue weighted by Crippen LogP contribution is 2.37. The molecule has 0 saturated heterocycles. The Kier molecular flexibility index (Phi) is 6.61. The van der Waals surface area contributed by atoms with Gasteiger partial charge >= 0.3 is 0 Å². The minimum Gasteiger partial charge on any atom is -0.476 e. The van der Waals surface area contributed by atoms with Gasteiger partial charge in [-0.05, 0) is 61.4 Å². The van der Waals surface area contributed by atoms with E-state index in [2.05, 4.69) is 5.32 Å². The van der Waals surface area contributed by atoms with Gasteiger partial charge in [-0.15, -0.1) is 0 Å². The Hall–Kier alpha value is -3.37. The van der Waals surface area contributed by atoms with Gasteiger partial charge in [0.05, 0.1) is 28.1 Å². The van der Waals surface area contributed by atoms with Crippen molar-refractivity contribution in [3.63, 3.8) is 0 Å². The number of hydrogen-bond acceptors (Lipinski definition) is 6. The molecule has 3 aromatic rings. The van der Waals surface area contributed by atoms with E-state index >= 15 is 0 Å². The molecule has 1 aliphatic rings. The van der Waals surface area contributed by atoms with Gasteiger partial charge in [0.25, 0.3) is 15.9 Å². The topological polar surface area (TPSA) is 110 Å². The molecular formula is C25H26N2O6S2. The minimum absolute atomic E-state index is 0.118. The lowest BCUT2D eigenvalue weighted by Gasteiger charge is -2.35. The summed E-state index contributed by atoms with van der Waals surface area (Å²) in [5.41, 5.74) is 1.93. The summed E-state index contributed by atoms with van der Waals surface area (Å²) in [7, 11) is -7.27. The summed E-state index contributed by atoms with van der Waals surface area (Å²) in [5, 5.41) is 2.84. The van der Waals surface area contributed by atoms with Gasteiger partial charge in [-0.2, -0.15) is 0 Å². The molecule has 0 fully saturated rings. The van der Waals surface area contributed by atoms with Crippen LogP contribution in [0.5, 0.6) is 5.75 Å². The molecule has 1 aliphatic heterocycles. The standard InChI is InChI=1S/C25H26N2O6S2/c1-17-9-14-23-22(15-17)27(35(31,32)21-7-5-4-6-8-21)16-24(33-23)25(28)26-18(2)19-10-12-20(13-11-19)34(3,29)30/h4-15,18,24H,16H2,1-3H3,(H,26,28)/t18-,24+/m1/s1. The van der Waals surface area contributed by atoms with E-state index in [-0.39, 0.29) is 16.3 Å². The highest BCUT2D eigenvalue weighted by atomic mass is 32.2. The maximum absolute atomic E-state index is 13.5. The molecule has 0 unspecified atom stereocenters. The third-order valence-corrected chi connectivity index (χ3v) is 8.70. The summed E-state index contributed by atoms with van der Waals surface area (Å²) in [6.07, 6.45) is 0.0452. The Morgan fingerprint density at radius 1 is 0.971 bits per heavy atom. The fourth-order valence-corrected chi connectivity index (χ4v) is 5.96. The van der Waals surface area contributed by atoms with E-state index in [9.17, 15) is 21.6 Å². The van der Waals surface area contributed by atoms with Crippen LogP contribution in [0.4, 0.5) is 5.69 Å². The van der Waals surface area contributed by atoms with Crippen molar-refractivity contribution in [3.05, 3.63) is 83.9 Å². The predicted molar refractivity (Wildman–Crippen MR) is 133 cm³/mol. The van der Waals surface area contributed by atoms with Crippen LogP contribution in [0, 0.1) is 6.92 Å². The maximum Gasteiger partial charge on any atom is 0.264 e. The molecular weight excluding hydrogens is 488 g/mol. The van der Waals surface area contributed by atoms with Crippen LogP contribution >= 0.6 is 0 Å². The largest absolute Gasteiger partial charge is 0.476 e. The van der Waals surface area contributed by atoms with Crippen molar-refractivity contribution in [1.29, 1.82) is 0 Å². The van der Waals surface area contributed by atoms with Gasteiger partial charge in [0.2, 0.25) is 0 Å². The van der Waals surface area contributed by atoms with Crippen molar-refractivity contribution in [3.8, 4) is 5.75 Å². The molecule has 0 spiro atoms. The van der Waals surface area contributed by atoms with E-state index < -0.39 is 37.9 Å². The normalized spacial score (nSPS) is 16.7. The van der Waals surface area contributed by atoms with E-state index in [1.54, 1.807) is 55.5 Å². The summed E-state index contributed by atoms with van der Waals surface area (Å²) in [6.45, 7) is 3.41. The van der Waals surface area contributed by atoms with E-state index in [1.807, 2.05) is 6.92 Å². The lowest BCUT2D eigenvalue weighted by Crippen LogP contribution is -2.51. The lowest BCUT2D eigenvalue weighted by molar-refractivity contribution is -0.128. The molecule has 2 atom stereocenters. The number of fused-ring (bicyclic) bond motifs is 1. The van der Waals surface area contributed by atoms with Crippen molar-refractivity contribution in [2.45, 2.75) is 35.8 Å². The molecule has 184 valence electrons. The van der Waals surface area contributed by atoms with Gasteiger partial charge in [0.1, 0.15) is 5.75 Å². The first-order valence-electron chi connectivity index (χ1n) is 10.9. The molecule has 4 rings (SSSR count). The Morgan fingerprint density at radius 3 is 2.26 bits per heavy atom. The van der Waals surface area contributed by atoms with E-state index in [0.29, 0.717) is 17.0 Å². The number of anilines is 1. The number of carbonyl (C=O) groups excluding carboxylic acids is 1. The molecule has 0 saturated carbocycles. The second kappa shape index (κ2) is 9.35. The zero-order valence-electron chi connectivity index (χ0n) is 19.5. The summed E-state index contributed by atoms with van der Waals surface area (Å²) < 4.78 is 57.5. The van der Waals surface area contributed by atoms with Gasteiger partial charge in [-0.3, -0.25) is 9.10 Å². The number of nitrogens with one attached hydrogen (secondary N) is 1. The number of sulfone groups is 1. The molecule has 0 aliphatic carbocycles. The lowest BCUT2D eigenvalue weighted by atomic mass is 10.1. The van der Waals surface area contributed by atoms with Gasteiger partial charge in [0, 0.05) is 6.26 Å². The first-order chi connectivity index (χ1) is 16.5. The van der Waals surface area contributed by atoms with Crippen LogP contribution in [-0.2, 0) is 24.7 Å². The highest BCUT2D eigenvalue weighted by molar-refractivity contribution is 7.92. The van der Waals surface area contributed by atoms with E-state index in [1.165, 1.54) is 28.6 Å². The summed E-state index contributed by atoms with van der Waals surface area (Å²) in [6, 6.07) is 19.0. The van der Waals surface area contributed by atoms with Crippen LogP contribution in [0.1, 0.15) is 24.1 Å². The maximum atomic E-state index is 13.5. The Balaban J connectivity index is 1.60. The number of hydrogen-bond donors (Lipinski definition) is 1. The number of carbonyl (C=O) groups is 1.